The number of benzene rings is 1. The van der Waals surface area contributed by atoms with Crippen molar-refractivity contribution in [1.29, 1.82) is 0 Å². The van der Waals surface area contributed by atoms with E-state index in [1.54, 1.807) is 6.07 Å². The zero-order valence-corrected chi connectivity index (χ0v) is 19.3. The zero-order chi connectivity index (χ0) is 23.3. The first-order valence-electron chi connectivity index (χ1n) is 10.8. The molecule has 0 atom stereocenters. The number of fused-ring (bicyclic) bond motifs is 1. The highest BCUT2D eigenvalue weighted by molar-refractivity contribution is 7.90. The van der Waals surface area contributed by atoms with Gasteiger partial charge < -0.3 is 9.67 Å². The minimum atomic E-state index is -3.95. The first-order valence-corrected chi connectivity index (χ1v) is 12.2. The van der Waals surface area contributed by atoms with Crippen molar-refractivity contribution >= 4 is 27.0 Å². The van der Waals surface area contributed by atoms with Crippen molar-refractivity contribution in [2.45, 2.75) is 69.5 Å². The first kappa shape index (κ1) is 22.5. The second kappa shape index (κ2) is 8.03. The van der Waals surface area contributed by atoms with Crippen LogP contribution in [-0.4, -0.2) is 39.2 Å². The fourth-order valence-corrected chi connectivity index (χ4v) is 5.58. The number of aromatic carboxylic acids is 1. The number of alkyl halides is 1. The molecule has 0 radical (unpaired) electrons. The molecule has 4 rings (SSSR count). The smallest absolute Gasteiger partial charge is 0.337 e. The largest absolute Gasteiger partial charge is 0.478 e. The molecule has 1 fully saturated rings. The molecule has 7 nitrogen and oxygen atoms in total. The highest BCUT2D eigenvalue weighted by Crippen LogP contribution is 2.33. The standard InChI is InChI=1S/C23H28FN3O4S/c1-23(2,3)22-25-19-12-18(32(30,31)26-11-10-16(14-26)21(28)29)8-9-20(19)27(22)13-15-4-6-17(24)7-5-15/h8-12,14-15,17H,4-7,13H2,1-3H3,(H,28,29). The summed E-state index contributed by atoms with van der Waals surface area (Å²) in [6.45, 7) is 6.91. The Bertz CT molecular complexity index is 1260. The van der Waals surface area contributed by atoms with E-state index in [2.05, 4.69) is 25.3 Å². The molecule has 32 heavy (non-hydrogen) atoms. The third-order valence-electron chi connectivity index (χ3n) is 6.10. The SMILES string of the molecule is CC(C)(C)c1nc2cc(S(=O)(=O)n3ccc(C(=O)O)c3)ccc2n1CC1CCC(F)CC1. The van der Waals surface area contributed by atoms with E-state index in [1.165, 1.54) is 24.4 Å². The molecule has 1 aliphatic rings. The van der Waals surface area contributed by atoms with Gasteiger partial charge in [-0.2, -0.15) is 0 Å². The Kier molecular flexibility index (Phi) is 5.65. The first-order chi connectivity index (χ1) is 15.0. The highest BCUT2D eigenvalue weighted by Gasteiger charge is 2.28. The molecule has 0 spiro atoms. The molecule has 2 heterocycles. The molecule has 9 heteroatoms. The van der Waals surface area contributed by atoms with Gasteiger partial charge in [-0.25, -0.2) is 26.6 Å². The van der Waals surface area contributed by atoms with E-state index in [-0.39, 0.29) is 15.9 Å². The molecule has 0 saturated heterocycles. The molecular weight excluding hydrogens is 433 g/mol. The number of rotatable bonds is 5. The number of hydrogen-bond donors (Lipinski definition) is 1. The van der Waals surface area contributed by atoms with E-state index >= 15 is 0 Å². The van der Waals surface area contributed by atoms with E-state index < -0.39 is 22.2 Å². The van der Waals surface area contributed by atoms with Gasteiger partial charge in [0.2, 0.25) is 0 Å². The highest BCUT2D eigenvalue weighted by atomic mass is 32.2. The minimum absolute atomic E-state index is 0.0422. The van der Waals surface area contributed by atoms with Gasteiger partial charge in [-0.05, 0) is 55.9 Å². The number of carboxylic acid groups (broad SMARTS) is 1. The van der Waals surface area contributed by atoms with Gasteiger partial charge in [0.1, 0.15) is 12.0 Å². The molecule has 3 aromatic rings. The van der Waals surface area contributed by atoms with Crippen molar-refractivity contribution in [3.63, 3.8) is 0 Å². The molecule has 0 amide bonds. The van der Waals surface area contributed by atoms with E-state index in [4.69, 9.17) is 10.1 Å². The van der Waals surface area contributed by atoms with Gasteiger partial charge in [0.15, 0.2) is 0 Å². The molecular formula is C23H28FN3O4S. The predicted octanol–water partition coefficient (Wildman–Crippen LogP) is 4.60. The lowest BCUT2D eigenvalue weighted by molar-refractivity contribution is 0.0697. The lowest BCUT2D eigenvalue weighted by atomic mass is 9.87. The quantitative estimate of drug-likeness (QED) is 0.599. The van der Waals surface area contributed by atoms with Crippen LogP contribution < -0.4 is 0 Å². The van der Waals surface area contributed by atoms with Crippen molar-refractivity contribution in [2.75, 3.05) is 0 Å². The number of carboxylic acids is 1. The van der Waals surface area contributed by atoms with Crippen molar-refractivity contribution in [3.8, 4) is 0 Å². The van der Waals surface area contributed by atoms with Gasteiger partial charge in [-0.1, -0.05) is 20.8 Å². The van der Waals surface area contributed by atoms with E-state index in [0.29, 0.717) is 24.3 Å². The molecule has 0 unspecified atom stereocenters. The van der Waals surface area contributed by atoms with Crippen LogP contribution in [0.1, 0.15) is 62.6 Å². The second-order valence-electron chi connectivity index (χ2n) is 9.60. The van der Waals surface area contributed by atoms with Crippen LogP contribution in [-0.2, 0) is 22.0 Å². The number of imidazole rings is 1. The number of hydrogen-bond acceptors (Lipinski definition) is 4. The van der Waals surface area contributed by atoms with Crippen LogP contribution in [0.15, 0.2) is 41.6 Å². The second-order valence-corrected chi connectivity index (χ2v) is 11.4. The van der Waals surface area contributed by atoms with Crippen LogP contribution >= 0.6 is 0 Å². The summed E-state index contributed by atoms with van der Waals surface area (Å²) < 4.78 is 42.7. The summed E-state index contributed by atoms with van der Waals surface area (Å²) in [6.07, 6.45) is 4.42. The van der Waals surface area contributed by atoms with Crippen molar-refractivity contribution in [2.24, 2.45) is 5.92 Å². The van der Waals surface area contributed by atoms with Crippen LogP contribution in [0.2, 0.25) is 0 Å². The van der Waals surface area contributed by atoms with Crippen molar-refractivity contribution in [3.05, 3.63) is 48.0 Å². The van der Waals surface area contributed by atoms with Crippen LogP contribution in [0, 0.1) is 5.92 Å². The molecule has 172 valence electrons. The maximum absolute atomic E-state index is 13.6. The Morgan fingerprint density at radius 2 is 1.88 bits per heavy atom. The van der Waals surface area contributed by atoms with Crippen LogP contribution in [0.4, 0.5) is 4.39 Å². The van der Waals surface area contributed by atoms with Gasteiger partial charge in [-0.15, -0.1) is 0 Å². The van der Waals surface area contributed by atoms with Gasteiger partial charge in [0, 0.05) is 24.4 Å². The molecule has 1 saturated carbocycles. The third-order valence-corrected chi connectivity index (χ3v) is 7.73. The van der Waals surface area contributed by atoms with Crippen LogP contribution in [0.3, 0.4) is 0 Å². The predicted molar refractivity (Wildman–Crippen MR) is 119 cm³/mol. The monoisotopic (exact) mass is 461 g/mol. The normalized spacial score (nSPS) is 20.0. The lowest BCUT2D eigenvalue weighted by Gasteiger charge is -2.27. The maximum Gasteiger partial charge on any atom is 0.337 e. The van der Waals surface area contributed by atoms with Gasteiger partial charge in [0.25, 0.3) is 10.0 Å². The van der Waals surface area contributed by atoms with E-state index in [1.807, 2.05) is 0 Å². The third kappa shape index (κ3) is 4.18. The number of halogens is 1. The Balaban J connectivity index is 1.75. The summed E-state index contributed by atoms with van der Waals surface area (Å²) >= 11 is 0. The number of carbonyl (C=O) groups is 1. The van der Waals surface area contributed by atoms with E-state index in [9.17, 15) is 17.6 Å². The summed E-state index contributed by atoms with van der Waals surface area (Å²) in [5.74, 6) is 0.0292. The topological polar surface area (TPSA) is 94.2 Å². The molecule has 1 aliphatic carbocycles. The molecule has 0 bridgehead atoms. The zero-order valence-electron chi connectivity index (χ0n) is 18.5. The Labute approximate surface area is 186 Å². The number of aromatic nitrogens is 3. The fraction of sp³-hybridized carbons (Fsp3) is 0.478. The fourth-order valence-electron chi connectivity index (χ4n) is 4.36. The molecule has 1 N–H and O–H groups in total. The van der Waals surface area contributed by atoms with Gasteiger partial charge >= 0.3 is 5.97 Å². The van der Waals surface area contributed by atoms with Crippen LogP contribution in [0.25, 0.3) is 11.0 Å². The maximum atomic E-state index is 13.6. The summed E-state index contributed by atoms with van der Waals surface area (Å²) in [5.41, 5.74) is 1.05. The van der Waals surface area contributed by atoms with Gasteiger partial charge in [-0.3, -0.25) is 0 Å². The van der Waals surface area contributed by atoms with Crippen molar-refractivity contribution in [1.82, 2.24) is 13.5 Å². The summed E-state index contributed by atoms with van der Waals surface area (Å²) in [4.78, 5) is 16.0. The summed E-state index contributed by atoms with van der Waals surface area (Å²) in [5, 5.41) is 9.09. The van der Waals surface area contributed by atoms with E-state index in [0.717, 1.165) is 40.9 Å². The minimum Gasteiger partial charge on any atom is -0.478 e. The van der Waals surface area contributed by atoms with Gasteiger partial charge in [0.05, 0.1) is 21.5 Å². The average molecular weight is 462 g/mol. The Morgan fingerprint density at radius 1 is 1.19 bits per heavy atom. The Morgan fingerprint density at radius 3 is 2.47 bits per heavy atom. The summed E-state index contributed by atoms with van der Waals surface area (Å²) in [6, 6.07) is 6.07. The molecule has 2 aromatic heterocycles. The van der Waals surface area contributed by atoms with Crippen LogP contribution in [0.5, 0.6) is 0 Å². The Hall–Kier alpha value is -2.68. The average Bonchev–Trinajstić information content (AvgIpc) is 3.35. The molecule has 0 aliphatic heterocycles. The molecule has 1 aromatic carbocycles. The lowest BCUT2D eigenvalue weighted by Crippen LogP contribution is -2.24. The summed E-state index contributed by atoms with van der Waals surface area (Å²) in [7, 11) is -3.95. The van der Waals surface area contributed by atoms with Crippen molar-refractivity contribution < 1.29 is 22.7 Å². The number of nitrogens with zero attached hydrogens (tertiary/aromatic N) is 3.